The fraction of sp³-hybridized carbons (Fsp3) is 0.227. The fourth-order valence-electron chi connectivity index (χ4n) is 3.51. The molecule has 4 aromatic heterocycles. The van der Waals surface area contributed by atoms with Gasteiger partial charge in [0, 0.05) is 35.9 Å². The second-order valence-electron chi connectivity index (χ2n) is 7.52. The number of nitrogens with zero attached hydrogens (tertiary/aromatic N) is 6. The second-order valence-corrected chi connectivity index (χ2v) is 7.52. The summed E-state index contributed by atoms with van der Waals surface area (Å²) in [6.07, 6.45) is 8.06. The van der Waals surface area contributed by atoms with Crippen LogP contribution in [0.1, 0.15) is 25.5 Å². The molecular formula is C22H22N8. The molecule has 1 aromatic carbocycles. The molecule has 4 heterocycles. The predicted octanol–water partition coefficient (Wildman–Crippen LogP) is 4.00. The summed E-state index contributed by atoms with van der Waals surface area (Å²) in [5, 5.41) is 11.7. The van der Waals surface area contributed by atoms with Gasteiger partial charge in [-0.1, -0.05) is 6.07 Å². The van der Waals surface area contributed by atoms with Crippen molar-refractivity contribution < 1.29 is 0 Å². The van der Waals surface area contributed by atoms with Crippen LogP contribution in [0.15, 0.2) is 55.2 Å². The third-order valence-electron chi connectivity index (χ3n) is 5.11. The number of aromatic nitrogens is 7. The molecule has 0 amide bonds. The molecule has 0 spiro atoms. The number of aromatic amines is 1. The van der Waals surface area contributed by atoms with E-state index in [0.717, 1.165) is 46.4 Å². The lowest BCUT2D eigenvalue weighted by Gasteiger charge is -2.11. The van der Waals surface area contributed by atoms with Crippen molar-refractivity contribution in [1.82, 2.24) is 34.7 Å². The second kappa shape index (κ2) is 7.55. The zero-order valence-electron chi connectivity index (χ0n) is 16.9. The number of fused-ring (bicyclic) bond motifs is 2. The summed E-state index contributed by atoms with van der Waals surface area (Å²) < 4.78 is 2.06. The number of nitrogens with one attached hydrogen (secondary N) is 2. The highest BCUT2D eigenvalue weighted by Crippen LogP contribution is 2.25. The number of benzene rings is 1. The number of anilines is 1. The van der Waals surface area contributed by atoms with Crippen LogP contribution in [-0.4, -0.2) is 41.2 Å². The molecule has 0 aliphatic rings. The van der Waals surface area contributed by atoms with Crippen molar-refractivity contribution in [1.29, 1.82) is 0 Å². The summed E-state index contributed by atoms with van der Waals surface area (Å²) in [5.74, 6) is 1.38. The molecule has 0 bridgehead atoms. The van der Waals surface area contributed by atoms with E-state index >= 15 is 0 Å². The van der Waals surface area contributed by atoms with Crippen molar-refractivity contribution in [3.05, 3.63) is 60.8 Å². The van der Waals surface area contributed by atoms with Crippen molar-refractivity contribution in [3.8, 4) is 11.4 Å². The molecule has 8 nitrogen and oxygen atoms in total. The number of hydrogen-bond acceptors (Lipinski definition) is 6. The first-order chi connectivity index (χ1) is 14.7. The molecule has 30 heavy (non-hydrogen) atoms. The highest BCUT2D eigenvalue weighted by atomic mass is 15.2. The Morgan fingerprint density at radius 3 is 2.90 bits per heavy atom. The fourth-order valence-corrected chi connectivity index (χ4v) is 3.51. The molecule has 5 aromatic rings. The lowest BCUT2D eigenvalue weighted by molar-refractivity contribution is 0.613. The van der Waals surface area contributed by atoms with Crippen LogP contribution in [0.2, 0.25) is 0 Å². The number of pyridine rings is 1. The quantitative estimate of drug-likeness (QED) is 0.449. The molecule has 0 unspecified atom stereocenters. The smallest absolute Gasteiger partial charge is 0.166 e. The van der Waals surface area contributed by atoms with Gasteiger partial charge < -0.3 is 9.88 Å². The number of imidazole rings is 1. The van der Waals surface area contributed by atoms with Gasteiger partial charge in [0.05, 0.1) is 18.0 Å². The van der Waals surface area contributed by atoms with Gasteiger partial charge >= 0.3 is 0 Å². The molecule has 0 aliphatic carbocycles. The van der Waals surface area contributed by atoms with Crippen LogP contribution in [0.3, 0.4) is 0 Å². The normalized spacial score (nSPS) is 11.6. The summed E-state index contributed by atoms with van der Waals surface area (Å²) in [6, 6.07) is 10.4. The highest BCUT2D eigenvalue weighted by Gasteiger charge is 2.15. The van der Waals surface area contributed by atoms with E-state index in [-0.39, 0.29) is 6.04 Å². The van der Waals surface area contributed by atoms with Crippen LogP contribution >= 0.6 is 0 Å². The van der Waals surface area contributed by atoms with E-state index in [1.165, 1.54) is 5.56 Å². The summed E-state index contributed by atoms with van der Waals surface area (Å²) in [4.78, 5) is 18.3. The van der Waals surface area contributed by atoms with Gasteiger partial charge in [0.1, 0.15) is 5.52 Å². The first-order valence-corrected chi connectivity index (χ1v) is 10.00. The topological polar surface area (TPSA) is 97.2 Å². The van der Waals surface area contributed by atoms with Gasteiger partial charge in [-0.25, -0.2) is 15.0 Å². The lowest BCUT2D eigenvalue weighted by atomic mass is 10.1. The minimum absolute atomic E-state index is 0.251. The number of H-pyrrole nitrogens is 1. The molecule has 0 fully saturated rings. The van der Waals surface area contributed by atoms with Crippen molar-refractivity contribution >= 4 is 27.9 Å². The van der Waals surface area contributed by atoms with Crippen LogP contribution in [0.4, 0.5) is 5.82 Å². The van der Waals surface area contributed by atoms with Gasteiger partial charge in [-0.05, 0) is 50.1 Å². The molecule has 0 atom stereocenters. The minimum atomic E-state index is 0.251. The van der Waals surface area contributed by atoms with Crippen LogP contribution in [0.25, 0.3) is 33.5 Å². The van der Waals surface area contributed by atoms with Crippen molar-refractivity contribution in [2.45, 2.75) is 26.3 Å². The first-order valence-electron chi connectivity index (χ1n) is 10.00. The third kappa shape index (κ3) is 3.36. The molecule has 5 rings (SSSR count). The maximum atomic E-state index is 4.78. The van der Waals surface area contributed by atoms with Gasteiger partial charge in [0.2, 0.25) is 0 Å². The van der Waals surface area contributed by atoms with Crippen LogP contribution in [0, 0.1) is 0 Å². The minimum Gasteiger partial charge on any atom is -0.368 e. The zero-order chi connectivity index (χ0) is 20.5. The van der Waals surface area contributed by atoms with E-state index < -0.39 is 0 Å². The van der Waals surface area contributed by atoms with Crippen molar-refractivity contribution in [2.24, 2.45) is 0 Å². The number of hydrogen-bond donors (Lipinski definition) is 2. The Balaban J connectivity index is 1.46. The lowest BCUT2D eigenvalue weighted by Crippen LogP contribution is -2.09. The van der Waals surface area contributed by atoms with Gasteiger partial charge in [-0.3, -0.25) is 10.1 Å². The van der Waals surface area contributed by atoms with Gasteiger partial charge in [0.15, 0.2) is 17.3 Å². The first kappa shape index (κ1) is 18.2. The molecule has 150 valence electrons. The summed E-state index contributed by atoms with van der Waals surface area (Å²) in [6.45, 7) is 4.97. The van der Waals surface area contributed by atoms with E-state index in [4.69, 9.17) is 9.97 Å². The van der Waals surface area contributed by atoms with Gasteiger partial charge in [-0.2, -0.15) is 5.10 Å². The van der Waals surface area contributed by atoms with E-state index in [1.807, 2.05) is 24.7 Å². The Morgan fingerprint density at radius 2 is 2.07 bits per heavy atom. The zero-order valence-corrected chi connectivity index (χ0v) is 16.9. The predicted molar refractivity (Wildman–Crippen MR) is 117 cm³/mol. The molecule has 2 N–H and O–H groups in total. The van der Waals surface area contributed by atoms with E-state index in [9.17, 15) is 0 Å². The summed E-state index contributed by atoms with van der Waals surface area (Å²) >= 11 is 0. The Labute approximate surface area is 173 Å². The highest BCUT2D eigenvalue weighted by molar-refractivity contribution is 5.85. The van der Waals surface area contributed by atoms with Gasteiger partial charge in [0.25, 0.3) is 0 Å². The van der Waals surface area contributed by atoms with Crippen molar-refractivity contribution in [3.63, 3.8) is 0 Å². The Kier molecular flexibility index (Phi) is 4.59. The number of rotatable bonds is 6. The average molecular weight is 398 g/mol. The molecule has 8 heteroatoms. The van der Waals surface area contributed by atoms with E-state index in [2.05, 4.69) is 62.1 Å². The van der Waals surface area contributed by atoms with Crippen molar-refractivity contribution in [2.75, 3.05) is 11.9 Å². The Morgan fingerprint density at radius 1 is 1.13 bits per heavy atom. The Hall–Kier alpha value is -3.81. The molecule has 0 saturated carbocycles. The SMILES string of the molecule is CC(C)n1cnc2c(NCCc3ccc4[nH]ncc4c3)nc(-c3cccnc3)nc21. The largest absolute Gasteiger partial charge is 0.368 e. The van der Waals surface area contributed by atoms with Gasteiger partial charge in [-0.15, -0.1) is 0 Å². The maximum absolute atomic E-state index is 4.78. The molecular weight excluding hydrogens is 376 g/mol. The van der Waals surface area contributed by atoms with Crippen LogP contribution in [-0.2, 0) is 6.42 Å². The molecule has 0 radical (unpaired) electrons. The van der Waals surface area contributed by atoms with E-state index in [0.29, 0.717) is 5.82 Å². The molecule has 0 aliphatic heterocycles. The third-order valence-corrected chi connectivity index (χ3v) is 5.11. The average Bonchev–Trinajstić information content (AvgIpc) is 3.41. The Bertz CT molecular complexity index is 1300. The maximum Gasteiger partial charge on any atom is 0.166 e. The summed E-state index contributed by atoms with van der Waals surface area (Å²) in [7, 11) is 0. The molecule has 0 saturated heterocycles. The van der Waals surface area contributed by atoms with Crippen LogP contribution < -0.4 is 5.32 Å². The summed E-state index contributed by atoms with van der Waals surface area (Å²) in [5.41, 5.74) is 4.76. The van der Waals surface area contributed by atoms with E-state index in [1.54, 1.807) is 12.4 Å². The van der Waals surface area contributed by atoms with Crippen LogP contribution in [0.5, 0.6) is 0 Å². The monoisotopic (exact) mass is 398 g/mol. The standard InChI is InChI=1S/C22H22N8/c1-14(2)30-13-25-19-21(27-20(28-22(19)30)16-4-3-8-23-11-16)24-9-7-15-5-6-18-17(10-15)12-26-29-18/h3-6,8,10-14H,7,9H2,1-2H3,(H,26,29)(H,24,27,28).